The van der Waals surface area contributed by atoms with E-state index in [1.807, 2.05) is 0 Å². The van der Waals surface area contributed by atoms with Gasteiger partial charge in [-0.3, -0.25) is 14.4 Å². The van der Waals surface area contributed by atoms with Crippen molar-refractivity contribution in [2.45, 2.75) is 20.4 Å². The van der Waals surface area contributed by atoms with Crippen LogP contribution in [0.25, 0.3) is 10.9 Å². The number of nitrogens with one attached hydrogen (secondary N) is 2. The van der Waals surface area contributed by atoms with Crippen molar-refractivity contribution in [3.05, 3.63) is 52.5 Å². The zero-order valence-corrected chi connectivity index (χ0v) is 23.2. The second kappa shape index (κ2) is 12.7. The van der Waals surface area contributed by atoms with Gasteiger partial charge in [0.05, 0.1) is 33.4 Å². The average Bonchev–Trinajstić information content (AvgIpc) is 3.33. The molecule has 2 heterocycles. The number of hydrogen-bond acceptors (Lipinski definition) is 11. The molecule has 0 bridgehead atoms. The number of hydrogen-bond donors (Lipinski definition) is 4. The van der Waals surface area contributed by atoms with Crippen LogP contribution in [0, 0.1) is 5.82 Å². The van der Waals surface area contributed by atoms with Crippen molar-refractivity contribution in [2.75, 3.05) is 16.4 Å². The van der Waals surface area contributed by atoms with Crippen LogP contribution in [-0.2, 0) is 14.4 Å². The Morgan fingerprint density at radius 1 is 1.05 bits per heavy atom. The number of carboxylic acid groups (broad SMARTS) is 2. The number of nitrogens with zero attached hydrogens (tertiary/aromatic N) is 4. The Labute approximate surface area is 241 Å². The minimum absolute atomic E-state index is 0.0281. The van der Waals surface area contributed by atoms with Crippen molar-refractivity contribution in [1.82, 2.24) is 20.2 Å². The molecule has 4 rings (SSSR count). The van der Waals surface area contributed by atoms with Gasteiger partial charge in [0.1, 0.15) is 23.2 Å². The minimum Gasteiger partial charge on any atom is -0.481 e. The quantitative estimate of drug-likeness (QED) is 0.123. The summed E-state index contributed by atoms with van der Waals surface area (Å²) in [7, 11) is 0. The van der Waals surface area contributed by atoms with E-state index in [1.165, 1.54) is 12.4 Å². The van der Waals surface area contributed by atoms with Crippen molar-refractivity contribution in [1.29, 1.82) is 0 Å². The molecule has 17 heteroatoms. The summed E-state index contributed by atoms with van der Waals surface area (Å²) < 4.78 is 15.1. The van der Waals surface area contributed by atoms with Crippen LogP contribution in [0.2, 0.25) is 10.0 Å². The standard InChI is InChI=1S/C22H15Cl2FN6O5S3/c23-11-4-13(25)15(5-12(11)24)29-19-10-3-9(1-2-14(10)26-8-27-19)28-17(32)7-37-21-30-31-22(39-21)38-16(20(35)36)6-18(33)34/h1-5,8,16H,6-7H2,(H,28,32)(H,33,34)(H,35,36)(H,26,27,29). The molecule has 39 heavy (non-hydrogen) atoms. The number of rotatable bonds is 11. The van der Waals surface area contributed by atoms with E-state index in [4.69, 9.17) is 28.3 Å². The molecule has 0 aliphatic heterocycles. The van der Waals surface area contributed by atoms with Gasteiger partial charge in [-0.05, 0) is 30.3 Å². The van der Waals surface area contributed by atoms with Crippen molar-refractivity contribution in [3.8, 4) is 0 Å². The van der Waals surface area contributed by atoms with Crippen LogP contribution in [0.4, 0.5) is 21.6 Å². The minimum atomic E-state index is -1.27. The maximum atomic E-state index is 14.4. The molecule has 1 unspecified atom stereocenters. The van der Waals surface area contributed by atoms with Crippen LogP contribution in [0.3, 0.4) is 0 Å². The van der Waals surface area contributed by atoms with Crippen LogP contribution in [0.1, 0.15) is 6.42 Å². The van der Waals surface area contributed by atoms with Crippen LogP contribution in [0.5, 0.6) is 0 Å². The van der Waals surface area contributed by atoms with Gasteiger partial charge in [-0.2, -0.15) is 0 Å². The lowest BCUT2D eigenvalue weighted by Gasteiger charge is -2.11. The molecule has 2 aromatic heterocycles. The number of carboxylic acids is 2. The molecule has 202 valence electrons. The third kappa shape index (κ3) is 7.67. The van der Waals surface area contributed by atoms with Gasteiger partial charge in [-0.15, -0.1) is 10.2 Å². The molecule has 11 nitrogen and oxygen atoms in total. The molecular weight excluding hydrogens is 614 g/mol. The molecule has 0 saturated heterocycles. The number of thioether (sulfide) groups is 2. The largest absolute Gasteiger partial charge is 0.481 e. The van der Waals surface area contributed by atoms with Gasteiger partial charge in [0.25, 0.3) is 0 Å². The first-order chi connectivity index (χ1) is 18.6. The third-order valence-electron chi connectivity index (χ3n) is 4.78. The van der Waals surface area contributed by atoms with Gasteiger partial charge in [-0.1, -0.05) is 58.1 Å². The lowest BCUT2D eigenvalue weighted by Crippen LogP contribution is -2.20. The molecule has 0 saturated carbocycles. The number of anilines is 3. The molecule has 0 aliphatic carbocycles. The number of aliphatic carboxylic acids is 2. The first kappa shape index (κ1) is 28.8. The zero-order chi connectivity index (χ0) is 28.1. The predicted octanol–water partition coefficient (Wildman–Crippen LogP) is 5.42. The normalized spacial score (nSPS) is 11.8. The highest BCUT2D eigenvalue weighted by Crippen LogP contribution is 2.34. The smallest absolute Gasteiger partial charge is 0.317 e. The van der Waals surface area contributed by atoms with Crippen molar-refractivity contribution in [3.63, 3.8) is 0 Å². The van der Waals surface area contributed by atoms with Crippen molar-refractivity contribution < 1.29 is 29.0 Å². The van der Waals surface area contributed by atoms with E-state index in [0.29, 0.717) is 20.9 Å². The zero-order valence-electron chi connectivity index (χ0n) is 19.2. The Hall–Kier alpha value is -3.24. The summed E-state index contributed by atoms with van der Waals surface area (Å²) in [5.41, 5.74) is 1.04. The Morgan fingerprint density at radius 2 is 1.79 bits per heavy atom. The molecule has 2 aromatic carbocycles. The lowest BCUT2D eigenvalue weighted by atomic mass is 10.2. The molecular formula is C22H15Cl2FN6O5S3. The highest BCUT2D eigenvalue weighted by Gasteiger charge is 2.24. The third-order valence-corrected chi connectivity index (χ3v) is 8.82. The van der Waals surface area contributed by atoms with E-state index < -0.39 is 29.4 Å². The maximum Gasteiger partial charge on any atom is 0.317 e. The number of carbonyl (C=O) groups excluding carboxylic acids is 1. The van der Waals surface area contributed by atoms with E-state index in [-0.39, 0.29) is 37.6 Å². The number of fused-ring (bicyclic) bond motifs is 1. The summed E-state index contributed by atoms with van der Waals surface area (Å²) in [5.74, 6) is -3.25. The van der Waals surface area contributed by atoms with E-state index in [9.17, 15) is 23.9 Å². The van der Waals surface area contributed by atoms with Gasteiger partial charge < -0.3 is 20.8 Å². The predicted molar refractivity (Wildman–Crippen MR) is 148 cm³/mol. The molecule has 4 aromatic rings. The molecule has 1 atom stereocenters. The molecule has 0 aliphatic rings. The van der Waals surface area contributed by atoms with Gasteiger partial charge in [0, 0.05) is 11.1 Å². The summed E-state index contributed by atoms with van der Waals surface area (Å²) >= 11 is 14.8. The molecule has 1 amide bonds. The Balaban J connectivity index is 1.41. The summed E-state index contributed by atoms with van der Waals surface area (Å²) in [5, 5.41) is 31.0. The number of halogens is 3. The topological polar surface area (TPSA) is 167 Å². The Bertz CT molecular complexity index is 1580. The van der Waals surface area contributed by atoms with Crippen LogP contribution in [0.15, 0.2) is 45.3 Å². The maximum absolute atomic E-state index is 14.4. The SMILES string of the molecule is O=C(O)CC(Sc1nnc(SCC(=O)Nc2ccc3ncnc(Nc4cc(Cl)c(Cl)cc4F)c3c2)s1)C(=O)O. The van der Waals surface area contributed by atoms with Crippen molar-refractivity contribution in [2.24, 2.45) is 0 Å². The second-order valence-corrected chi connectivity index (χ2v) is 12.0. The fourth-order valence-corrected chi connectivity index (χ4v) is 6.36. The fraction of sp³-hybridized carbons (Fsp3) is 0.136. The lowest BCUT2D eigenvalue weighted by molar-refractivity contribution is -0.142. The number of aromatic nitrogens is 4. The van der Waals surface area contributed by atoms with Gasteiger partial charge in [0.2, 0.25) is 5.91 Å². The number of carbonyl (C=O) groups is 3. The number of benzene rings is 2. The summed E-state index contributed by atoms with van der Waals surface area (Å²) in [6.07, 6.45) is 0.741. The van der Waals surface area contributed by atoms with E-state index >= 15 is 0 Å². The van der Waals surface area contributed by atoms with E-state index in [1.54, 1.807) is 18.2 Å². The first-order valence-electron chi connectivity index (χ1n) is 10.6. The average molecular weight is 630 g/mol. The molecule has 0 fully saturated rings. The second-order valence-electron chi connectivity index (χ2n) is 7.54. The first-order valence-corrected chi connectivity index (χ1v) is 14.1. The summed E-state index contributed by atoms with van der Waals surface area (Å²) in [6, 6.07) is 7.36. The molecule has 0 spiro atoms. The molecule has 4 N–H and O–H groups in total. The summed E-state index contributed by atoms with van der Waals surface area (Å²) in [4.78, 5) is 43.0. The number of amides is 1. The Kier molecular flexibility index (Phi) is 9.40. The highest BCUT2D eigenvalue weighted by molar-refractivity contribution is 8.04. The highest BCUT2D eigenvalue weighted by atomic mass is 35.5. The van der Waals surface area contributed by atoms with Crippen LogP contribution < -0.4 is 10.6 Å². The molecule has 0 radical (unpaired) electrons. The van der Waals surface area contributed by atoms with Gasteiger partial charge in [0.15, 0.2) is 8.68 Å². The summed E-state index contributed by atoms with van der Waals surface area (Å²) in [6.45, 7) is 0. The van der Waals surface area contributed by atoms with Crippen LogP contribution in [-0.4, -0.2) is 59.2 Å². The van der Waals surface area contributed by atoms with Crippen molar-refractivity contribution >= 4 is 104 Å². The monoisotopic (exact) mass is 628 g/mol. The van der Waals surface area contributed by atoms with Crippen LogP contribution >= 0.6 is 58.1 Å². The fourth-order valence-electron chi connectivity index (χ4n) is 3.07. The Morgan fingerprint density at radius 3 is 2.54 bits per heavy atom. The van der Waals surface area contributed by atoms with Gasteiger partial charge in [-0.25, -0.2) is 14.4 Å². The van der Waals surface area contributed by atoms with Gasteiger partial charge >= 0.3 is 11.9 Å². The van der Waals surface area contributed by atoms with E-state index in [0.717, 1.165) is 40.9 Å². The van der Waals surface area contributed by atoms with E-state index in [2.05, 4.69) is 30.8 Å².